The second-order valence-electron chi connectivity index (χ2n) is 5.25. The van der Waals surface area contributed by atoms with E-state index < -0.39 is 0 Å². The summed E-state index contributed by atoms with van der Waals surface area (Å²) in [5.74, 6) is 0.350. The number of nitrogens with zero attached hydrogens (tertiary/aromatic N) is 1. The van der Waals surface area contributed by atoms with Crippen LogP contribution in [0.1, 0.15) is 32.8 Å². The molecule has 0 saturated heterocycles. The highest BCUT2D eigenvalue weighted by Gasteiger charge is 2.11. The first kappa shape index (κ1) is 14.0. The first-order valence-corrected chi connectivity index (χ1v) is 6.14. The smallest absolute Gasteiger partial charge is 0.146 e. The summed E-state index contributed by atoms with van der Waals surface area (Å²) in [6, 6.07) is 5.53. The average Bonchev–Trinajstić information content (AvgIpc) is 2.22. The van der Waals surface area contributed by atoms with Crippen molar-refractivity contribution >= 4 is 5.69 Å². The fourth-order valence-electron chi connectivity index (χ4n) is 1.97. The predicted octanol–water partition coefficient (Wildman–Crippen LogP) is 3.27. The minimum absolute atomic E-state index is 0.214. The molecule has 0 aliphatic carbocycles. The van der Waals surface area contributed by atoms with Crippen molar-refractivity contribution < 1.29 is 4.39 Å². The lowest BCUT2D eigenvalue weighted by Crippen LogP contribution is -2.29. The van der Waals surface area contributed by atoms with Gasteiger partial charge in [-0.05, 0) is 44.0 Å². The van der Waals surface area contributed by atoms with E-state index in [1.807, 2.05) is 6.07 Å². The van der Waals surface area contributed by atoms with Gasteiger partial charge in [-0.15, -0.1) is 0 Å². The van der Waals surface area contributed by atoms with Gasteiger partial charge < -0.3 is 5.73 Å². The Morgan fingerprint density at radius 2 is 1.94 bits per heavy atom. The van der Waals surface area contributed by atoms with Gasteiger partial charge in [-0.2, -0.15) is 0 Å². The summed E-state index contributed by atoms with van der Waals surface area (Å²) < 4.78 is 13.3. The highest BCUT2D eigenvalue weighted by molar-refractivity contribution is 5.41. The van der Waals surface area contributed by atoms with Gasteiger partial charge in [0.2, 0.25) is 0 Å². The molecule has 17 heavy (non-hydrogen) atoms. The Hall–Kier alpha value is -1.09. The van der Waals surface area contributed by atoms with Gasteiger partial charge in [-0.3, -0.25) is 4.90 Å². The van der Waals surface area contributed by atoms with Gasteiger partial charge in [0.25, 0.3) is 0 Å². The number of rotatable bonds is 5. The molecule has 0 aliphatic heterocycles. The molecule has 96 valence electrons. The highest BCUT2D eigenvalue weighted by atomic mass is 19.1. The number of halogens is 1. The summed E-state index contributed by atoms with van der Waals surface area (Å²) >= 11 is 0. The molecule has 1 aromatic rings. The molecule has 1 atom stereocenters. The maximum atomic E-state index is 13.3. The standard InChI is InChI=1S/C14H23FN2/c1-10(2)7-11(3)17(4)9-12-5-6-14(16)13(15)8-12/h5-6,8,10-11H,7,9,16H2,1-4H3. The molecule has 0 saturated carbocycles. The van der Waals surface area contributed by atoms with Crippen molar-refractivity contribution in [2.75, 3.05) is 12.8 Å². The van der Waals surface area contributed by atoms with Gasteiger partial charge in [-0.25, -0.2) is 4.39 Å². The number of hydrogen-bond donors (Lipinski definition) is 1. The second-order valence-corrected chi connectivity index (χ2v) is 5.25. The van der Waals surface area contributed by atoms with Gasteiger partial charge >= 0.3 is 0 Å². The quantitative estimate of drug-likeness (QED) is 0.798. The molecular formula is C14H23FN2. The first-order chi connectivity index (χ1) is 7.90. The fraction of sp³-hybridized carbons (Fsp3) is 0.571. The van der Waals surface area contributed by atoms with Crippen molar-refractivity contribution in [3.8, 4) is 0 Å². The van der Waals surface area contributed by atoms with Crippen LogP contribution in [0.4, 0.5) is 10.1 Å². The maximum Gasteiger partial charge on any atom is 0.146 e. The summed E-state index contributed by atoms with van der Waals surface area (Å²) in [5.41, 5.74) is 6.64. The van der Waals surface area contributed by atoms with E-state index in [1.54, 1.807) is 6.07 Å². The van der Waals surface area contributed by atoms with Gasteiger partial charge in [0, 0.05) is 12.6 Å². The molecule has 2 N–H and O–H groups in total. The lowest BCUT2D eigenvalue weighted by atomic mass is 10.0. The zero-order chi connectivity index (χ0) is 13.0. The lowest BCUT2D eigenvalue weighted by Gasteiger charge is -2.26. The van der Waals surface area contributed by atoms with Crippen LogP contribution in [-0.2, 0) is 6.54 Å². The van der Waals surface area contributed by atoms with E-state index in [9.17, 15) is 4.39 Å². The Morgan fingerprint density at radius 1 is 1.29 bits per heavy atom. The van der Waals surface area contributed by atoms with Crippen molar-refractivity contribution in [1.29, 1.82) is 0 Å². The minimum Gasteiger partial charge on any atom is -0.396 e. The summed E-state index contributed by atoms with van der Waals surface area (Å²) in [7, 11) is 2.07. The monoisotopic (exact) mass is 238 g/mol. The van der Waals surface area contributed by atoms with Crippen LogP contribution in [0.15, 0.2) is 18.2 Å². The summed E-state index contributed by atoms with van der Waals surface area (Å²) in [5, 5.41) is 0. The Labute approximate surface area is 104 Å². The van der Waals surface area contributed by atoms with Crippen LogP contribution in [0.25, 0.3) is 0 Å². The largest absolute Gasteiger partial charge is 0.396 e. The Kier molecular flexibility index (Phi) is 4.94. The summed E-state index contributed by atoms with van der Waals surface area (Å²) in [6.45, 7) is 7.39. The van der Waals surface area contributed by atoms with Crippen LogP contribution in [0, 0.1) is 11.7 Å². The second kappa shape index (κ2) is 6.01. The number of benzene rings is 1. The molecule has 1 rings (SSSR count). The molecule has 0 aliphatic rings. The molecule has 0 spiro atoms. The Bertz CT molecular complexity index is 363. The van der Waals surface area contributed by atoms with Crippen LogP contribution in [-0.4, -0.2) is 18.0 Å². The van der Waals surface area contributed by atoms with E-state index in [4.69, 9.17) is 5.73 Å². The van der Waals surface area contributed by atoms with Gasteiger partial charge in [0.05, 0.1) is 5.69 Å². The normalized spacial score (nSPS) is 13.4. The molecule has 0 bridgehead atoms. The molecule has 0 aromatic heterocycles. The van der Waals surface area contributed by atoms with E-state index in [0.29, 0.717) is 12.0 Å². The zero-order valence-electron chi connectivity index (χ0n) is 11.2. The first-order valence-electron chi connectivity index (χ1n) is 6.14. The van der Waals surface area contributed by atoms with E-state index in [2.05, 4.69) is 32.7 Å². The molecule has 1 aromatic carbocycles. The van der Waals surface area contributed by atoms with Crippen LogP contribution in [0.5, 0.6) is 0 Å². The third kappa shape index (κ3) is 4.35. The average molecular weight is 238 g/mol. The molecule has 0 fully saturated rings. The molecule has 0 radical (unpaired) electrons. The molecule has 3 heteroatoms. The summed E-state index contributed by atoms with van der Waals surface area (Å²) in [6.07, 6.45) is 1.15. The topological polar surface area (TPSA) is 29.3 Å². The Balaban J connectivity index is 2.61. The van der Waals surface area contributed by atoms with Gasteiger partial charge in [0.15, 0.2) is 0 Å². The van der Waals surface area contributed by atoms with Crippen molar-refractivity contribution in [3.63, 3.8) is 0 Å². The SMILES string of the molecule is CC(C)CC(C)N(C)Cc1ccc(N)c(F)c1. The number of anilines is 1. The third-order valence-corrected chi connectivity index (χ3v) is 3.06. The molecule has 0 heterocycles. The van der Waals surface area contributed by atoms with E-state index in [0.717, 1.165) is 18.5 Å². The van der Waals surface area contributed by atoms with Crippen molar-refractivity contribution in [2.24, 2.45) is 5.92 Å². The van der Waals surface area contributed by atoms with Gasteiger partial charge in [-0.1, -0.05) is 19.9 Å². The highest BCUT2D eigenvalue weighted by Crippen LogP contribution is 2.16. The Morgan fingerprint density at radius 3 is 2.47 bits per heavy atom. The molecule has 0 amide bonds. The van der Waals surface area contributed by atoms with Crippen molar-refractivity contribution in [1.82, 2.24) is 4.90 Å². The maximum absolute atomic E-state index is 13.3. The van der Waals surface area contributed by atoms with Gasteiger partial charge in [0.1, 0.15) is 5.82 Å². The van der Waals surface area contributed by atoms with Crippen molar-refractivity contribution in [3.05, 3.63) is 29.6 Å². The number of nitrogen functional groups attached to an aromatic ring is 1. The number of hydrogen-bond acceptors (Lipinski definition) is 2. The lowest BCUT2D eigenvalue weighted by molar-refractivity contribution is 0.220. The summed E-state index contributed by atoms with van der Waals surface area (Å²) in [4.78, 5) is 2.24. The number of nitrogens with two attached hydrogens (primary N) is 1. The van der Waals surface area contributed by atoms with E-state index in [-0.39, 0.29) is 11.5 Å². The predicted molar refractivity (Wildman–Crippen MR) is 71.2 cm³/mol. The van der Waals surface area contributed by atoms with Crippen LogP contribution in [0.3, 0.4) is 0 Å². The molecular weight excluding hydrogens is 215 g/mol. The minimum atomic E-state index is -0.326. The van der Waals surface area contributed by atoms with Crippen LogP contribution in [0.2, 0.25) is 0 Å². The van der Waals surface area contributed by atoms with Crippen molar-refractivity contribution in [2.45, 2.75) is 39.8 Å². The third-order valence-electron chi connectivity index (χ3n) is 3.06. The molecule has 2 nitrogen and oxygen atoms in total. The van der Waals surface area contributed by atoms with Crippen LogP contribution >= 0.6 is 0 Å². The van der Waals surface area contributed by atoms with E-state index in [1.165, 1.54) is 6.07 Å². The van der Waals surface area contributed by atoms with E-state index >= 15 is 0 Å². The zero-order valence-corrected chi connectivity index (χ0v) is 11.2. The fourth-order valence-corrected chi connectivity index (χ4v) is 1.97. The van der Waals surface area contributed by atoms with Crippen LogP contribution < -0.4 is 5.73 Å². The molecule has 1 unspecified atom stereocenters.